The van der Waals surface area contributed by atoms with Crippen LogP contribution < -0.4 is 10.8 Å². The number of amides is 3. The molecule has 1 fully saturated rings. The summed E-state index contributed by atoms with van der Waals surface area (Å²) in [6.45, 7) is 0.432. The standard InChI is InChI=1S/C16H19BN2O5/c17-12-6-4-11(5-7-12)16(23)18-10-2-1-3-15(22)24-19-13(20)8-9-14(19)21/h4-7H,1-3,8-10,17H2,(H,18,23). The number of nitrogens with one attached hydrogen (secondary N) is 1. The summed E-state index contributed by atoms with van der Waals surface area (Å²) in [7, 11) is 1.95. The number of carbonyl (C=O) groups excluding carboxylic acids is 4. The van der Waals surface area contributed by atoms with E-state index in [1.165, 1.54) is 0 Å². The normalized spacial score (nSPS) is 13.9. The smallest absolute Gasteiger partial charge is 0.333 e. The highest BCUT2D eigenvalue weighted by molar-refractivity contribution is 6.32. The van der Waals surface area contributed by atoms with Crippen molar-refractivity contribution in [3.05, 3.63) is 29.8 Å². The first-order valence-electron chi connectivity index (χ1n) is 7.89. The van der Waals surface area contributed by atoms with Crippen molar-refractivity contribution in [2.45, 2.75) is 32.1 Å². The first-order chi connectivity index (χ1) is 11.5. The summed E-state index contributed by atoms with van der Waals surface area (Å²) in [6, 6.07) is 7.25. The summed E-state index contributed by atoms with van der Waals surface area (Å²) in [5, 5.41) is 3.31. The Kier molecular flexibility index (Phi) is 6.11. The Balaban J connectivity index is 1.61. The fraction of sp³-hybridized carbons (Fsp3) is 0.375. The van der Waals surface area contributed by atoms with E-state index in [1.807, 2.05) is 20.0 Å². The van der Waals surface area contributed by atoms with Crippen LogP contribution in [-0.4, -0.2) is 43.1 Å². The molecule has 0 aromatic heterocycles. The van der Waals surface area contributed by atoms with Crippen LogP contribution in [0.2, 0.25) is 0 Å². The minimum absolute atomic E-state index is 0.0805. The van der Waals surface area contributed by atoms with Crippen LogP contribution in [0.1, 0.15) is 42.5 Å². The van der Waals surface area contributed by atoms with Gasteiger partial charge < -0.3 is 10.2 Å². The lowest BCUT2D eigenvalue weighted by Crippen LogP contribution is -2.32. The molecular formula is C16H19BN2O5. The van der Waals surface area contributed by atoms with E-state index in [2.05, 4.69) is 5.32 Å². The lowest BCUT2D eigenvalue weighted by molar-refractivity contribution is -0.197. The van der Waals surface area contributed by atoms with E-state index in [0.29, 0.717) is 30.0 Å². The summed E-state index contributed by atoms with van der Waals surface area (Å²) in [6.07, 6.45) is 1.32. The first kappa shape index (κ1) is 17.7. The summed E-state index contributed by atoms with van der Waals surface area (Å²) >= 11 is 0. The van der Waals surface area contributed by atoms with E-state index < -0.39 is 17.8 Å². The van der Waals surface area contributed by atoms with E-state index in [9.17, 15) is 19.2 Å². The topological polar surface area (TPSA) is 92.8 Å². The molecule has 1 heterocycles. The Morgan fingerprint density at radius 1 is 1.08 bits per heavy atom. The molecule has 1 aliphatic rings. The molecule has 0 radical (unpaired) electrons. The summed E-state index contributed by atoms with van der Waals surface area (Å²) in [5.74, 6) is -1.76. The van der Waals surface area contributed by atoms with E-state index in [4.69, 9.17) is 4.84 Å². The number of hydrogen-bond donors (Lipinski definition) is 1. The maximum atomic E-state index is 11.9. The molecule has 3 amide bonds. The molecule has 0 bridgehead atoms. The van der Waals surface area contributed by atoms with E-state index in [-0.39, 0.29) is 25.2 Å². The van der Waals surface area contributed by atoms with E-state index in [0.717, 1.165) is 5.46 Å². The average molecular weight is 330 g/mol. The third kappa shape index (κ3) is 4.94. The number of hydroxylamine groups is 2. The fourth-order valence-electron chi connectivity index (χ4n) is 2.21. The zero-order valence-corrected chi connectivity index (χ0v) is 13.5. The van der Waals surface area contributed by atoms with Crippen LogP contribution in [0.4, 0.5) is 0 Å². The first-order valence-corrected chi connectivity index (χ1v) is 7.89. The Morgan fingerprint density at radius 3 is 2.33 bits per heavy atom. The van der Waals surface area contributed by atoms with Gasteiger partial charge in [-0.1, -0.05) is 29.7 Å². The molecule has 7 nitrogen and oxygen atoms in total. The van der Waals surface area contributed by atoms with Gasteiger partial charge in [-0.05, 0) is 12.8 Å². The fourth-order valence-corrected chi connectivity index (χ4v) is 2.21. The second kappa shape index (κ2) is 8.28. The van der Waals surface area contributed by atoms with Crippen molar-refractivity contribution in [3.8, 4) is 0 Å². The summed E-state index contributed by atoms with van der Waals surface area (Å²) in [5.41, 5.74) is 1.67. The molecule has 1 N–H and O–H groups in total. The van der Waals surface area contributed by atoms with Crippen molar-refractivity contribution >= 4 is 37.0 Å². The molecule has 0 atom stereocenters. The number of hydrogen-bond acceptors (Lipinski definition) is 5. The van der Waals surface area contributed by atoms with Gasteiger partial charge in [-0.15, -0.1) is 5.06 Å². The molecule has 1 aromatic carbocycles. The van der Waals surface area contributed by atoms with E-state index >= 15 is 0 Å². The third-order valence-corrected chi connectivity index (χ3v) is 3.61. The summed E-state index contributed by atoms with van der Waals surface area (Å²) in [4.78, 5) is 50.8. The van der Waals surface area contributed by atoms with Crippen LogP contribution in [0.25, 0.3) is 0 Å². The van der Waals surface area contributed by atoms with Crippen LogP contribution in [0.15, 0.2) is 24.3 Å². The van der Waals surface area contributed by atoms with Crippen molar-refractivity contribution < 1.29 is 24.0 Å². The average Bonchev–Trinajstić information content (AvgIpc) is 2.87. The lowest BCUT2D eigenvalue weighted by atomic mass is 9.95. The SMILES string of the molecule is Bc1ccc(C(=O)NCCCCC(=O)ON2C(=O)CCC2=O)cc1. The van der Waals surface area contributed by atoms with Crippen molar-refractivity contribution in [1.82, 2.24) is 10.4 Å². The minimum Gasteiger partial charge on any atom is -0.352 e. The van der Waals surface area contributed by atoms with Gasteiger partial charge in [0.25, 0.3) is 17.7 Å². The molecule has 126 valence electrons. The molecular weight excluding hydrogens is 311 g/mol. The van der Waals surface area contributed by atoms with Gasteiger partial charge in [0, 0.05) is 31.4 Å². The third-order valence-electron chi connectivity index (χ3n) is 3.61. The molecule has 2 rings (SSSR count). The monoisotopic (exact) mass is 330 g/mol. The molecule has 1 aromatic rings. The van der Waals surface area contributed by atoms with Gasteiger partial charge in [-0.25, -0.2) is 4.79 Å². The Bertz CT molecular complexity index is 628. The van der Waals surface area contributed by atoms with Gasteiger partial charge in [-0.2, -0.15) is 0 Å². The highest BCUT2D eigenvalue weighted by atomic mass is 16.7. The highest BCUT2D eigenvalue weighted by Crippen LogP contribution is 2.13. The molecule has 1 aliphatic heterocycles. The lowest BCUT2D eigenvalue weighted by Gasteiger charge is -2.12. The highest BCUT2D eigenvalue weighted by Gasteiger charge is 2.32. The van der Waals surface area contributed by atoms with Crippen molar-refractivity contribution in [1.29, 1.82) is 0 Å². The molecule has 0 spiro atoms. The molecule has 0 aliphatic carbocycles. The number of unbranched alkanes of at least 4 members (excludes halogenated alkanes) is 1. The van der Waals surface area contributed by atoms with Gasteiger partial charge in [0.1, 0.15) is 7.85 Å². The quantitative estimate of drug-likeness (QED) is 0.411. The number of carbonyl (C=O) groups is 4. The van der Waals surface area contributed by atoms with Crippen LogP contribution in [0, 0.1) is 0 Å². The molecule has 0 saturated carbocycles. The number of rotatable bonds is 7. The molecule has 8 heteroatoms. The van der Waals surface area contributed by atoms with Gasteiger partial charge >= 0.3 is 5.97 Å². The minimum atomic E-state index is -0.622. The van der Waals surface area contributed by atoms with Crippen LogP contribution >= 0.6 is 0 Å². The molecule has 0 unspecified atom stereocenters. The largest absolute Gasteiger partial charge is 0.352 e. The molecule has 24 heavy (non-hydrogen) atoms. The predicted molar refractivity (Wildman–Crippen MR) is 88.0 cm³/mol. The molecule has 1 saturated heterocycles. The number of benzene rings is 1. The second-order valence-electron chi connectivity index (χ2n) is 5.62. The van der Waals surface area contributed by atoms with Crippen LogP contribution in [0.3, 0.4) is 0 Å². The van der Waals surface area contributed by atoms with Gasteiger partial charge in [0.15, 0.2) is 0 Å². The van der Waals surface area contributed by atoms with Gasteiger partial charge in [-0.3, -0.25) is 14.4 Å². The Labute approximate surface area is 140 Å². The maximum absolute atomic E-state index is 11.9. The zero-order valence-electron chi connectivity index (χ0n) is 13.5. The van der Waals surface area contributed by atoms with Crippen LogP contribution in [-0.2, 0) is 19.2 Å². The Hall–Kier alpha value is -2.64. The van der Waals surface area contributed by atoms with Crippen molar-refractivity contribution in [2.24, 2.45) is 0 Å². The van der Waals surface area contributed by atoms with Crippen LogP contribution in [0.5, 0.6) is 0 Å². The Morgan fingerprint density at radius 2 is 1.71 bits per heavy atom. The van der Waals surface area contributed by atoms with Gasteiger partial charge in [0.2, 0.25) is 0 Å². The van der Waals surface area contributed by atoms with E-state index in [1.54, 1.807) is 12.1 Å². The van der Waals surface area contributed by atoms with Gasteiger partial charge in [0.05, 0.1) is 0 Å². The zero-order chi connectivity index (χ0) is 17.5. The van der Waals surface area contributed by atoms with Crippen molar-refractivity contribution in [3.63, 3.8) is 0 Å². The second-order valence-corrected chi connectivity index (χ2v) is 5.62. The number of nitrogens with zero attached hydrogens (tertiary/aromatic N) is 1. The maximum Gasteiger partial charge on any atom is 0.333 e. The number of imide groups is 1. The predicted octanol–water partition coefficient (Wildman–Crippen LogP) is -0.548. The van der Waals surface area contributed by atoms with Crippen molar-refractivity contribution in [2.75, 3.05) is 6.54 Å². The summed E-state index contributed by atoms with van der Waals surface area (Å²) < 4.78 is 0.